The van der Waals surface area contributed by atoms with E-state index < -0.39 is 11.9 Å². The molecule has 1 aliphatic heterocycles. The molecule has 1 aromatic heterocycles. The lowest BCUT2D eigenvalue weighted by Gasteiger charge is -2.16. The SMILES string of the molecule is CCOC(=O)/C=C1\SCC(=O)N1CCOC(=O)c1cccnc1Cl. The highest BCUT2D eigenvalue weighted by Gasteiger charge is 2.27. The molecular formula is C15H15ClN2O5S. The Bertz CT molecular complexity index is 680. The van der Waals surface area contributed by atoms with Crippen molar-refractivity contribution < 1.29 is 23.9 Å². The summed E-state index contributed by atoms with van der Waals surface area (Å²) in [4.78, 5) is 40.5. The van der Waals surface area contributed by atoms with E-state index in [9.17, 15) is 14.4 Å². The van der Waals surface area contributed by atoms with Crippen LogP contribution in [-0.2, 0) is 19.1 Å². The van der Waals surface area contributed by atoms with E-state index in [-0.39, 0.29) is 42.1 Å². The topological polar surface area (TPSA) is 85.8 Å². The fourth-order valence-electron chi connectivity index (χ4n) is 1.90. The van der Waals surface area contributed by atoms with E-state index in [1.807, 2.05) is 0 Å². The molecule has 128 valence electrons. The zero-order chi connectivity index (χ0) is 17.5. The minimum Gasteiger partial charge on any atom is -0.463 e. The van der Waals surface area contributed by atoms with Gasteiger partial charge in [-0.3, -0.25) is 4.79 Å². The molecule has 0 aromatic carbocycles. The number of halogens is 1. The molecule has 1 fully saturated rings. The van der Waals surface area contributed by atoms with Crippen molar-refractivity contribution in [2.24, 2.45) is 0 Å². The molecular weight excluding hydrogens is 356 g/mol. The summed E-state index contributed by atoms with van der Waals surface area (Å²) < 4.78 is 9.94. The molecule has 2 rings (SSSR count). The smallest absolute Gasteiger partial charge is 0.341 e. The Morgan fingerprint density at radius 1 is 1.46 bits per heavy atom. The molecule has 24 heavy (non-hydrogen) atoms. The maximum Gasteiger partial charge on any atom is 0.341 e. The molecule has 0 N–H and O–H groups in total. The molecule has 9 heteroatoms. The number of hydrogen-bond donors (Lipinski definition) is 0. The van der Waals surface area contributed by atoms with Crippen LogP contribution in [0.15, 0.2) is 29.4 Å². The maximum atomic E-state index is 11.9. The Hall–Kier alpha value is -2.06. The van der Waals surface area contributed by atoms with Crippen molar-refractivity contribution in [3.05, 3.63) is 40.2 Å². The van der Waals surface area contributed by atoms with Crippen LogP contribution < -0.4 is 0 Å². The summed E-state index contributed by atoms with van der Waals surface area (Å²) in [6, 6.07) is 3.07. The first-order valence-electron chi connectivity index (χ1n) is 7.12. The Morgan fingerprint density at radius 3 is 2.96 bits per heavy atom. The van der Waals surface area contributed by atoms with Crippen LogP contribution >= 0.6 is 23.4 Å². The van der Waals surface area contributed by atoms with Gasteiger partial charge in [0.2, 0.25) is 5.91 Å². The van der Waals surface area contributed by atoms with Crippen LogP contribution in [0.1, 0.15) is 17.3 Å². The molecule has 0 unspecified atom stereocenters. The number of aromatic nitrogens is 1. The van der Waals surface area contributed by atoms with Gasteiger partial charge in [-0.25, -0.2) is 14.6 Å². The summed E-state index contributed by atoms with van der Waals surface area (Å²) in [5.74, 6) is -1.07. The van der Waals surface area contributed by atoms with Crippen molar-refractivity contribution >= 4 is 41.2 Å². The fraction of sp³-hybridized carbons (Fsp3) is 0.333. The van der Waals surface area contributed by atoms with E-state index in [1.54, 1.807) is 13.0 Å². The van der Waals surface area contributed by atoms with Crippen LogP contribution in [0.5, 0.6) is 0 Å². The number of carbonyl (C=O) groups excluding carboxylic acids is 3. The van der Waals surface area contributed by atoms with Gasteiger partial charge in [-0.2, -0.15) is 0 Å². The average Bonchev–Trinajstić information content (AvgIpc) is 2.88. The van der Waals surface area contributed by atoms with Gasteiger partial charge in [0.15, 0.2) is 0 Å². The van der Waals surface area contributed by atoms with Crippen molar-refractivity contribution in [1.29, 1.82) is 0 Å². The van der Waals surface area contributed by atoms with Gasteiger partial charge in [-0.05, 0) is 19.1 Å². The van der Waals surface area contributed by atoms with Gasteiger partial charge in [0.25, 0.3) is 0 Å². The van der Waals surface area contributed by atoms with Gasteiger partial charge in [0.1, 0.15) is 11.8 Å². The summed E-state index contributed by atoms with van der Waals surface area (Å²) in [6.07, 6.45) is 2.73. The van der Waals surface area contributed by atoms with Gasteiger partial charge in [-0.1, -0.05) is 23.4 Å². The van der Waals surface area contributed by atoms with Crippen LogP contribution in [0.4, 0.5) is 0 Å². The lowest BCUT2D eigenvalue weighted by atomic mass is 10.3. The third-order valence-electron chi connectivity index (χ3n) is 2.97. The standard InChI is InChI=1S/C15H15ClN2O5S/c1-2-22-13(20)8-12-18(11(19)9-24-12)6-7-23-15(21)10-4-3-5-17-14(10)16/h3-5,8H,2,6-7,9H2,1H3/b12-8-. The number of thioether (sulfide) groups is 1. The predicted octanol–water partition coefficient (Wildman–Crippen LogP) is 1.87. The molecule has 1 aromatic rings. The fourth-order valence-corrected chi connectivity index (χ4v) is 3.05. The quantitative estimate of drug-likeness (QED) is 0.429. The first kappa shape index (κ1) is 18.3. The van der Waals surface area contributed by atoms with Gasteiger partial charge in [0.05, 0.1) is 35.6 Å². The van der Waals surface area contributed by atoms with E-state index in [0.717, 1.165) is 0 Å². The molecule has 1 saturated heterocycles. The molecule has 1 aliphatic rings. The molecule has 0 spiro atoms. The number of amides is 1. The van der Waals surface area contributed by atoms with Crippen molar-refractivity contribution in [3.63, 3.8) is 0 Å². The van der Waals surface area contributed by atoms with Gasteiger partial charge in [0, 0.05) is 6.20 Å². The molecule has 0 atom stereocenters. The van der Waals surface area contributed by atoms with E-state index in [2.05, 4.69) is 4.98 Å². The zero-order valence-electron chi connectivity index (χ0n) is 12.9. The third-order valence-corrected chi connectivity index (χ3v) is 4.29. The average molecular weight is 371 g/mol. The van der Waals surface area contributed by atoms with Crippen LogP contribution in [0.3, 0.4) is 0 Å². The first-order valence-corrected chi connectivity index (χ1v) is 8.48. The second-order valence-electron chi connectivity index (χ2n) is 4.55. The van der Waals surface area contributed by atoms with E-state index in [1.165, 1.54) is 35.0 Å². The summed E-state index contributed by atoms with van der Waals surface area (Å²) in [7, 11) is 0. The largest absolute Gasteiger partial charge is 0.463 e. The number of pyridine rings is 1. The molecule has 0 aliphatic carbocycles. The number of rotatable bonds is 6. The van der Waals surface area contributed by atoms with Gasteiger partial charge in [-0.15, -0.1) is 0 Å². The minimum absolute atomic E-state index is 0.0312. The second-order valence-corrected chi connectivity index (χ2v) is 5.90. The Labute approximate surface area is 148 Å². The number of ether oxygens (including phenoxy) is 2. The van der Waals surface area contributed by atoms with Gasteiger partial charge >= 0.3 is 11.9 Å². The molecule has 7 nitrogen and oxygen atoms in total. The van der Waals surface area contributed by atoms with Crippen LogP contribution in [0.25, 0.3) is 0 Å². The Balaban J connectivity index is 1.92. The number of hydrogen-bond acceptors (Lipinski definition) is 7. The zero-order valence-corrected chi connectivity index (χ0v) is 14.4. The monoisotopic (exact) mass is 370 g/mol. The summed E-state index contributed by atoms with van der Waals surface area (Å²) in [6.45, 7) is 2.06. The van der Waals surface area contributed by atoms with E-state index >= 15 is 0 Å². The molecule has 0 saturated carbocycles. The van der Waals surface area contributed by atoms with Crippen molar-refractivity contribution in [2.75, 3.05) is 25.5 Å². The van der Waals surface area contributed by atoms with Crippen LogP contribution in [-0.4, -0.2) is 53.2 Å². The van der Waals surface area contributed by atoms with E-state index in [4.69, 9.17) is 21.1 Å². The summed E-state index contributed by atoms with van der Waals surface area (Å²) >= 11 is 7.05. The van der Waals surface area contributed by atoms with E-state index in [0.29, 0.717) is 5.03 Å². The van der Waals surface area contributed by atoms with Gasteiger partial charge < -0.3 is 14.4 Å². The van der Waals surface area contributed by atoms with Crippen molar-refractivity contribution in [3.8, 4) is 0 Å². The molecule has 0 radical (unpaired) electrons. The number of carbonyl (C=O) groups is 3. The lowest BCUT2D eigenvalue weighted by Crippen LogP contribution is -2.29. The predicted molar refractivity (Wildman–Crippen MR) is 88.4 cm³/mol. The van der Waals surface area contributed by atoms with Crippen LogP contribution in [0.2, 0.25) is 5.15 Å². The lowest BCUT2D eigenvalue weighted by molar-refractivity contribution is -0.137. The Kier molecular flexibility index (Phi) is 6.62. The van der Waals surface area contributed by atoms with Crippen molar-refractivity contribution in [1.82, 2.24) is 9.88 Å². The van der Waals surface area contributed by atoms with Crippen molar-refractivity contribution in [2.45, 2.75) is 6.92 Å². The minimum atomic E-state index is -0.622. The number of nitrogens with zero attached hydrogens (tertiary/aromatic N) is 2. The highest BCUT2D eigenvalue weighted by molar-refractivity contribution is 8.04. The number of esters is 2. The van der Waals surface area contributed by atoms with Crippen LogP contribution in [0, 0.1) is 0 Å². The third kappa shape index (κ3) is 4.72. The summed E-state index contributed by atoms with van der Waals surface area (Å²) in [5, 5.41) is 0.534. The normalized spacial score (nSPS) is 15.7. The molecule has 2 heterocycles. The highest BCUT2D eigenvalue weighted by Crippen LogP contribution is 2.28. The summed E-state index contributed by atoms with van der Waals surface area (Å²) in [5.41, 5.74) is 0.156. The molecule has 1 amide bonds. The Morgan fingerprint density at radius 2 is 2.25 bits per heavy atom. The highest BCUT2D eigenvalue weighted by atomic mass is 35.5. The maximum absolute atomic E-state index is 11.9. The molecule has 0 bridgehead atoms. The second kappa shape index (κ2) is 8.70. The first-order chi connectivity index (χ1) is 11.5.